The Morgan fingerprint density at radius 3 is 2.60 bits per heavy atom. The van der Waals surface area contributed by atoms with Crippen LogP contribution < -0.4 is 5.73 Å². The summed E-state index contributed by atoms with van der Waals surface area (Å²) < 4.78 is 10.9. The van der Waals surface area contributed by atoms with Gasteiger partial charge in [0.15, 0.2) is 5.78 Å². The van der Waals surface area contributed by atoms with Crippen molar-refractivity contribution in [2.75, 3.05) is 0 Å². The number of carbonyl (C=O) groups excluding carboxylic acids is 1. The molecular formula is C20H16N2O3. The molecule has 2 aromatic rings. The maximum Gasteiger partial charge on any atom is 0.205 e. The molecular weight excluding hydrogens is 316 g/mol. The lowest BCUT2D eigenvalue weighted by Crippen LogP contribution is -2.29. The minimum Gasteiger partial charge on any atom is -0.472 e. The second kappa shape index (κ2) is 5.99. The fourth-order valence-electron chi connectivity index (χ4n) is 3.64. The lowest BCUT2D eigenvalue weighted by molar-refractivity contribution is -0.117. The number of nitrogens with zero attached hydrogens (tertiary/aromatic N) is 1. The number of nitriles is 1. The van der Waals surface area contributed by atoms with Gasteiger partial charge in [-0.1, -0.05) is 30.3 Å². The first-order valence-corrected chi connectivity index (χ1v) is 8.10. The highest BCUT2D eigenvalue weighted by Gasteiger charge is 2.41. The van der Waals surface area contributed by atoms with Crippen molar-refractivity contribution in [3.05, 3.63) is 82.8 Å². The number of rotatable bonds is 2. The van der Waals surface area contributed by atoms with E-state index in [2.05, 4.69) is 6.07 Å². The second-order valence-corrected chi connectivity index (χ2v) is 6.26. The van der Waals surface area contributed by atoms with Crippen molar-refractivity contribution in [1.82, 2.24) is 0 Å². The van der Waals surface area contributed by atoms with E-state index in [0.29, 0.717) is 24.2 Å². The third-order valence-electron chi connectivity index (χ3n) is 4.81. The minimum absolute atomic E-state index is 0.0125. The number of furan rings is 1. The van der Waals surface area contributed by atoms with Crippen molar-refractivity contribution in [1.29, 1.82) is 5.26 Å². The number of hydrogen-bond donors (Lipinski definition) is 1. The van der Waals surface area contributed by atoms with E-state index in [1.165, 1.54) is 6.26 Å². The van der Waals surface area contributed by atoms with E-state index in [-0.39, 0.29) is 23.2 Å². The Kier molecular flexibility index (Phi) is 3.66. The molecule has 0 saturated heterocycles. The van der Waals surface area contributed by atoms with Crippen molar-refractivity contribution < 1.29 is 13.9 Å². The molecule has 0 fully saturated rings. The number of ketones is 1. The monoisotopic (exact) mass is 332 g/mol. The Morgan fingerprint density at radius 1 is 1.12 bits per heavy atom. The molecule has 124 valence electrons. The zero-order chi connectivity index (χ0) is 17.4. The normalized spacial score (nSPS) is 23.1. The SMILES string of the molecule is N#CC1=C(N)OC2=C(C(=O)C[C@H](c3ccccc3)C2)[C@@H]1c1ccoc1. The van der Waals surface area contributed by atoms with Gasteiger partial charge in [0.25, 0.3) is 0 Å². The van der Waals surface area contributed by atoms with Crippen LogP contribution in [0, 0.1) is 11.3 Å². The molecule has 1 aliphatic carbocycles. The molecule has 2 aliphatic rings. The van der Waals surface area contributed by atoms with E-state index in [1.54, 1.807) is 12.3 Å². The van der Waals surface area contributed by atoms with Gasteiger partial charge in [-0.15, -0.1) is 0 Å². The molecule has 0 amide bonds. The van der Waals surface area contributed by atoms with Gasteiger partial charge in [-0.05, 0) is 17.5 Å². The van der Waals surface area contributed by atoms with Crippen LogP contribution in [-0.4, -0.2) is 5.78 Å². The number of hydrogen-bond acceptors (Lipinski definition) is 5. The molecule has 0 saturated carbocycles. The van der Waals surface area contributed by atoms with Gasteiger partial charge in [-0.2, -0.15) is 5.26 Å². The lowest BCUT2D eigenvalue weighted by atomic mass is 9.74. The van der Waals surface area contributed by atoms with Crippen LogP contribution in [0.25, 0.3) is 0 Å². The smallest absolute Gasteiger partial charge is 0.205 e. The molecule has 0 spiro atoms. The molecule has 1 aromatic heterocycles. The summed E-state index contributed by atoms with van der Waals surface area (Å²) in [5.74, 6) is 0.147. The van der Waals surface area contributed by atoms with Crippen LogP contribution in [0.15, 0.2) is 76.1 Å². The van der Waals surface area contributed by atoms with Crippen LogP contribution in [0.4, 0.5) is 0 Å². The summed E-state index contributed by atoms with van der Waals surface area (Å²) in [6, 6.07) is 13.7. The van der Waals surface area contributed by atoms with Gasteiger partial charge in [-0.25, -0.2) is 0 Å². The molecule has 2 atom stereocenters. The van der Waals surface area contributed by atoms with Crippen LogP contribution in [0.3, 0.4) is 0 Å². The summed E-state index contributed by atoms with van der Waals surface area (Å²) in [4.78, 5) is 12.9. The van der Waals surface area contributed by atoms with Gasteiger partial charge in [-0.3, -0.25) is 4.79 Å². The average molecular weight is 332 g/mol. The van der Waals surface area contributed by atoms with Crippen LogP contribution >= 0.6 is 0 Å². The largest absolute Gasteiger partial charge is 0.472 e. The molecule has 2 N–H and O–H groups in total. The van der Waals surface area contributed by atoms with E-state index >= 15 is 0 Å². The van der Waals surface area contributed by atoms with E-state index < -0.39 is 5.92 Å². The van der Waals surface area contributed by atoms with Gasteiger partial charge in [0.1, 0.15) is 17.4 Å². The zero-order valence-electron chi connectivity index (χ0n) is 13.4. The molecule has 0 unspecified atom stereocenters. The maximum absolute atomic E-state index is 12.9. The third kappa shape index (κ3) is 2.52. The molecule has 0 bridgehead atoms. The zero-order valence-corrected chi connectivity index (χ0v) is 13.4. The third-order valence-corrected chi connectivity index (χ3v) is 4.81. The number of ether oxygens (including phenoxy) is 1. The van der Waals surface area contributed by atoms with Gasteiger partial charge in [0.2, 0.25) is 5.88 Å². The van der Waals surface area contributed by atoms with Crippen LogP contribution in [0.1, 0.15) is 35.8 Å². The fraction of sp³-hybridized carbons (Fsp3) is 0.200. The van der Waals surface area contributed by atoms with Crippen LogP contribution in [0.5, 0.6) is 0 Å². The van der Waals surface area contributed by atoms with E-state index in [1.807, 2.05) is 30.3 Å². The van der Waals surface area contributed by atoms with E-state index in [4.69, 9.17) is 14.9 Å². The molecule has 4 rings (SSSR count). The van der Waals surface area contributed by atoms with Crippen molar-refractivity contribution in [3.63, 3.8) is 0 Å². The Balaban J connectivity index is 1.78. The standard InChI is InChI=1S/C20H16N2O3/c21-10-15-18(13-6-7-24-11-13)19-16(23)8-14(9-17(19)25-20(15)22)12-4-2-1-3-5-12/h1-7,11,14,18H,8-9,22H2/t14-,18+/m0/s1. The number of Topliss-reactive ketones (excluding diaryl/α,β-unsaturated/α-hetero) is 1. The highest BCUT2D eigenvalue weighted by Crippen LogP contribution is 2.46. The van der Waals surface area contributed by atoms with Gasteiger partial charge in [0.05, 0.1) is 18.4 Å². The molecule has 5 heteroatoms. The van der Waals surface area contributed by atoms with Crippen molar-refractivity contribution >= 4 is 5.78 Å². The Hall–Kier alpha value is -3.26. The Bertz CT molecular complexity index is 918. The Morgan fingerprint density at radius 2 is 1.92 bits per heavy atom. The predicted octanol–water partition coefficient (Wildman–Crippen LogP) is 3.49. The summed E-state index contributed by atoms with van der Waals surface area (Å²) in [5.41, 5.74) is 8.60. The number of allylic oxidation sites excluding steroid dienone is 3. The van der Waals surface area contributed by atoms with Crippen molar-refractivity contribution in [2.24, 2.45) is 5.73 Å². The van der Waals surface area contributed by atoms with Crippen molar-refractivity contribution in [3.8, 4) is 6.07 Å². The first-order valence-electron chi connectivity index (χ1n) is 8.10. The first-order chi connectivity index (χ1) is 12.2. The summed E-state index contributed by atoms with van der Waals surface area (Å²) >= 11 is 0. The highest BCUT2D eigenvalue weighted by molar-refractivity contribution is 6.00. The Labute approximate surface area is 145 Å². The van der Waals surface area contributed by atoms with Crippen LogP contribution in [-0.2, 0) is 9.53 Å². The van der Waals surface area contributed by atoms with Crippen LogP contribution in [0.2, 0.25) is 0 Å². The summed E-state index contributed by atoms with van der Waals surface area (Å²) in [5, 5.41) is 9.50. The quantitative estimate of drug-likeness (QED) is 0.909. The molecule has 0 radical (unpaired) electrons. The first kappa shape index (κ1) is 15.3. The van der Waals surface area contributed by atoms with Crippen molar-refractivity contribution in [2.45, 2.75) is 24.7 Å². The summed E-state index contributed by atoms with van der Waals surface area (Å²) in [6.07, 6.45) is 4.04. The minimum atomic E-state index is -0.517. The topological polar surface area (TPSA) is 89.3 Å². The number of nitrogens with two attached hydrogens (primary N) is 1. The molecule has 25 heavy (non-hydrogen) atoms. The lowest BCUT2D eigenvalue weighted by Gasteiger charge is -2.33. The molecule has 2 heterocycles. The fourth-order valence-corrected chi connectivity index (χ4v) is 3.64. The summed E-state index contributed by atoms with van der Waals surface area (Å²) in [6.45, 7) is 0. The van der Waals surface area contributed by atoms with Gasteiger partial charge < -0.3 is 14.9 Å². The second-order valence-electron chi connectivity index (χ2n) is 6.26. The molecule has 1 aliphatic heterocycles. The van der Waals surface area contributed by atoms with Gasteiger partial charge in [0, 0.05) is 24.0 Å². The predicted molar refractivity (Wildman–Crippen MR) is 89.8 cm³/mol. The highest BCUT2D eigenvalue weighted by atomic mass is 16.5. The maximum atomic E-state index is 12.9. The average Bonchev–Trinajstić information content (AvgIpc) is 3.15. The summed E-state index contributed by atoms with van der Waals surface area (Å²) in [7, 11) is 0. The number of benzene rings is 1. The molecule has 5 nitrogen and oxygen atoms in total. The number of carbonyl (C=O) groups is 1. The molecule has 1 aromatic carbocycles. The van der Waals surface area contributed by atoms with Gasteiger partial charge >= 0.3 is 0 Å². The van der Waals surface area contributed by atoms with E-state index in [0.717, 1.165) is 11.1 Å². The van der Waals surface area contributed by atoms with E-state index in [9.17, 15) is 10.1 Å².